The Bertz CT molecular complexity index is 293. The smallest absolute Gasteiger partial charge is 0.240 e. The lowest BCUT2D eigenvalue weighted by Gasteiger charge is -2.34. The van der Waals surface area contributed by atoms with Crippen molar-refractivity contribution in [1.29, 1.82) is 0 Å². The van der Waals surface area contributed by atoms with E-state index >= 15 is 0 Å². The van der Waals surface area contributed by atoms with Crippen molar-refractivity contribution in [2.24, 2.45) is 5.92 Å². The van der Waals surface area contributed by atoms with Crippen molar-refractivity contribution in [1.82, 2.24) is 10.6 Å². The van der Waals surface area contributed by atoms with Gasteiger partial charge in [0.2, 0.25) is 5.91 Å². The minimum atomic E-state index is -0.331. The summed E-state index contributed by atoms with van der Waals surface area (Å²) >= 11 is 0. The maximum absolute atomic E-state index is 12.2. The van der Waals surface area contributed by atoms with Crippen LogP contribution in [0.1, 0.15) is 45.4 Å². The van der Waals surface area contributed by atoms with Crippen molar-refractivity contribution in [3.8, 4) is 0 Å². The zero-order valence-corrected chi connectivity index (χ0v) is 10.8. The number of amides is 1. The highest BCUT2D eigenvalue weighted by atomic mass is 16.2. The van der Waals surface area contributed by atoms with Gasteiger partial charge in [0.25, 0.3) is 0 Å². The van der Waals surface area contributed by atoms with Crippen LogP contribution in [0.4, 0.5) is 0 Å². The largest absolute Gasteiger partial charge is 0.354 e. The van der Waals surface area contributed by atoms with Crippen LogP contribution in [-0.4, -0.2) is 24.5 Å². The van der Waals surface area contributed by atoms with Gasteiger partial charge in [-0.3, -0.25) is 4.79 Å². The van der Waals surface area contributed by atoms with E-state index in [4.69, 9.17) is 0 Å². The molecule has 2 aliphatic rings. The van der Waals surface area contributed by atoms with Crippen molar-refractivity contribution >= 4 is 5.91 Å². The zero-order chi connectivity index (χ0) is 12.1. The molecule has 1 aliphatic heterocycles. The third kappa shape index (κ3) is 3.32. The third-order valence-electron chi connectivity index (χ3n) is 4.05. The molecule has 1 amide bonds. The second-order valence-electron chi connectivity index (χ2n) is 5.58. The van der Waals surface area contributed by atoms with E-state index in [0.29, 0.717) is 5.92 Å². The number of rotatable bonds is 3. The van der Waals surface area contributed by atoms with Gasteiger partial charge in [-0.05, 0) is 57.9 Å². The summed E-state index contributed by atoms with van der Waals surface area (Å²) in [7, 11) is 0. The van der Waals surface area contributed by atoms with Gasteiger partial charge in [0, 0.05) is 6.54 Å². The molecule has 1 heterocycles. The van der Waals surface area contributed by atoms with Gasteiger partial charge in [-0.1, -0.05) is 12.2 Å². The molecule has 1 aliphatic carbocycles. The summed E-state index contributed by atoms with van der Waals surface area (Å²) in [6, 6.07) is 0. The minimum absolute atomic E-state index is 0.187. The van der Waals surface area contributed by atoms with E-state index in [9.17, 15) is 4.79 Å². The van der Waals surface area contributed by atoms with E-state index in [1.165, 1.54) is 12.8 Å². The molecule has 0 aromatic heterocycles. The summed E-state index contributed by atoms with van der Waals surface area (Å²) in [5.41, 5.74) is -0.331. The van der Waals surface area contributed by atoms with Crippen LogP contribution in [0.25, 0.3) is 0 Å². The second kappa shape index (κ2) is 5.67. The Balaban J connectivity index is 1.77. The molecule has 0 aromatic carbocycles. The molecule has 3 nitrogen and oxygen atoms in total. The second-order valence-corrected chi connectivity index (χ2v) is 5.58. The molecule has 0 saturated carbocycles. The summed E-state index contributed by atoms with van der Waals surface area (Å²) in [4.78, 5) is 12.2. The highest BCUT2D eigenvalue weighted by molar-refractivity contribution is 5.85. The fraction of sp³-hybridized carbons (Fsp3) is 0.786. The highest BCUT2D eigenvalue weighted by Gasteiger charge is 2.34. The Kier molecular flexibility index (Phi) is 4.21. The lowest BCUT2D eigenvalue weighted by Crippen LogP contribution is -2.57. The van der Waals surface area contributed by atoms with Crippen molar-refractivity contribution in [2.75, 3.05) is 13.1 Å². The molecule has 17 heavy (non-hydrogen) atoms. The summed E-state index contributed by atoms with van der Waals surface area (Å²) in [5, 5.41) is 6.48. The van der Waals surface area contributed by atoms with Crippen LogP contribution in [-0.2, 0) is 4.79 Å². The first-order valence-corrected chi connectivity index (χ1v) is 6.89. The van der Waals surface area contributed by atoms with Gasteiger partial charge in [0.05, 0.1) is 5.54 Å². The summed E-state index contributed by atoms with van der Waals surface area (Å²) in [5.74, 6) is 0.822. The highest BCUT2D eigenvalue weighted by Crippen LogP contribution is 2.20. The molecule has 0 radical (unpaired) electrons. The fourth-order valence-electron chi connectivity index (χ4n) is 2.72. The molecule has 3 heteroatoms. The molecule has 2 N–H and O–H groups in total. The van der Waals surface area contributed by atoms with Gasteiger partial charge in [0.15, 0.2) is 0 Å². The van der Waals surface area contributed by atoms with Crippen LogP contribution in [0.2, 0.25) is 0 Å². The normalized spacial score (nSPS) is 33.4. The molecule has 96 valence electrons. The standard InChI is InChI=1S/C14H24N2O/c1-14(9-5-6-10-16-14)13(17)15-11-12-7-3-2-4-8-12/h2-3,12,16H,4-11H2,1H3,(H,15,17). The first-order valence-electron chi connectivity index (χ1n) is 6.89. The lowest BCUT2D eigenvalue weighted by atomic mass is 9.89. The van der Waals surface area contributed by atoms with E-state index < -0.39 is 0 Å². The lowest BCUT2D eigenvalue weighted by molar-refractivity contribution is -0.128. The van der Waals surface area contributed by atoms with Crippen LogP contribution in [0.3, 0.4) is 0 Å². The van der Waals surface area contributed by atoms with E-state index in [1.807, 2.05) is 6.92 Å². The number of carbonyl (C=O) groups is 1. The average molecular weight is 236 g/mol. The topological polar surface area (TPSA) is 41.1 Å². The molecular weight excluding hydrogens is 212 g/mol. The maximum Gasteiger partial charge on any atom is 0.240 e. The van der Waals surface area contributed by atoms with Crippen LogP contribution >= 0.6 is 0 Å². The van der Waals surface area contributed by atoms with Gasteiger partial charge in [-0.15, -0.1) is 0 Å². The van der Waals surface area contributed by atoms with E-state index in [2.05, 4.69) is 22.8 Å². The third-order valence-corrected chi connectivity index (χ3v) is 4.05. The molecule has 0 aromatic rings. The summed E-state index contributed by atoms with van der Waals surface area (Å²) < 4.78 is 0. The van der Waals surface area contributed by atoms with E-state index in [-0.39, 0.29) is 11.4 Å². The number of carbonyl (C=O) groups excluding carboxylic acids is 1. The maximum atomic E-state index is 12.2. The first kappa shape index (κ1) is 12.6. The molecule has 0 bridgehead atoms. The monoisotopic (exact) mass is 236 g/mol. The molecule has 1 fully saturated rings. The van der Waals surface area contributed by atoms with Crippen LogP contribution < -0.4 is 10.6 Å². The van der Waals surface area contributed by atoms with Crippen molar-refractivity contribution in [3.63, 3.8) is 0 Å². The number of allylic oxidation sites excluding steroid dienone is 2. The minimum Gasteiger partial charge on any atom is -0.354 e. The number of hydrogen-bond acceptors (Lipinski definition) is 2. The predicted octanol–water partition coefficient (Wildman–Crippen LogP) is 1.99. The van der Waals surface area contributed by atoms with Gasteiger partial charge in [0.1, 0.15) is 0 Å². The molecule has 2 unspecified atom stereocenters. The van der Waals surface area contributed by atoms with Gasteiger partial charge < -0.3 is 10.6 Å². The molecule has 2 atom stereocenters. The predicted molar refractivity (Wildman–Crippen MR) is 69.7 cm³/mol. The Morgan fingerprint density at radius 3 is 3.00 bits per heavy atom. The van der Waals surface area contributed by atoms with Crippen LogP contribution in [0, 0.1) is 5.92 Å². The molecular formula is C14H24N2O. The average Bonchev–Trinajstić information content (AvgIpc) is 2.38. The fourth-order valence-corrected chi connectivity index (χ4v) is 2.72. The van der Waals surface area contributed by atoms with Gasteiger partial charge >= 0.3 is 0 Å². The number of piperidine rings is 1. The summed E-state index contributed by atoms with van der Waals surface area (Å²) in [6.07, 6.45) is 11.3. The van der Waals surface area contributed by atoms with Crippen molar-refractivity contribution in [3.05, 3.63) is 12.2 Å². The molecule has 2 rings (SSSR count). The SMILES string of the molecule is CC1(C(=O)NCC2CC=CCC2)CCCCN1. The molecule has 0 spiro atoms. The Morgan fingerprint density at radius 1 is 1.47 bits per heavy atom. The Labute approximate surface area is 104 Å². The van der Waals surface area contributed by atoms with Crippen LogP contribution in [0.15, 0.2) is 12.2 Å². The van der Waals surface area contributed by atoms with Crippen molar-refractivity contribution in [2.45, 2.75) is 51.0 Å². The summed E-state index contributed by atoms with van der Waals surface area (Å²) in [6.45, 7) is 3.83. The first-order chi connectivity index (χ1) is 8.21. The number of nitrogens with one attached hydrogen (secondary N) is 2. The van der Waals surface area contributed by atoms with Crippen molar-refractivity contribution < 1.29 is 4.79 Å². The van der Waals surface area contributed by atoms with Gasteiger partial charge in [-0.25, -0.2) is 0 Å². The molecule has 1 saturated heterocycles. The zero-order valence-electron chi connectivity index (χ0n) is 10.8. The Morgan fingerprint density at radius 2 is 2.35 bits per heavy atom. The van der Waals surface area contributed by atoms with Crippen LogP contribution in [0.5, 0.6) is 0 Å². The van der Waals surface area contributed by atoms with E-state index in [0.717, 1.165) is 38.8 Å². The quantitative estimate of drug-likeness (QED) is 0.736. The number of hydrogen-bond donors (Lipinski definition) is 2. The van der Waals surface area contributed by atoms with E-state index in [1.54, 1.807) is 0 Å². The van der Waals surface area contributed by atoms with Gasteiger partial charge in [-0.2, -0.15) is 0 Å². The Hall–Kier alpha value is -0.830.